The Labute approximate surface area is 154 Å². The van der Waals surface area contributed by atoms with Gasteiger partial charge in [0.1, 0.15) is 5.82 Å². The standard InChI is InChI=1S/C21H26FN3O/c1-16-13-17(9-10-18(16)22)14-24-21(26)15-23-19-7-3-4-8-20(19)25-11-5-2-6-12-25/h3-4,7-10,13,23H,2,5-6,11-12,14-15H2,1H3,(H,24,26). The third-order valence-electron chi connectivity index (χ3n) is 4.75. The number of para-hydroxylation sites is 2. The number of amides is 1. The number of carbonyl (C=O) groups is 1. The van der Waals surface area contributed by atoms with Gasteiger partial charge in [-0.25, -0.2) is 4.39 Å². The summed E-state index contributed by atoms with van der Waals surface area (Å²) in [7, 11) is 0. The molecule has 1 fully saturated rings. The molecule has 1 amide bonds. The molecule has 0 bridgehead atoms. The fourth-order valence-electron chi connectivity index (χ4n) is 3.29. The summed E-state index contributed by atoms with van der Waals surface area (Å²) in [6.07, 6.45) is 3.72. The van der Waals surface area contributed by atoms with Crippen LogP contribution in [0.3, 0.4) is 0 Å². The van der Waals surface area contributed by atoms with E-state index < -0.39 is 0 Å². The van der Waals surface area contributed by atoms with Gasteiger partial charge < -0.3 is 15.5 Å². The predicted octanol–water partition coefficient (Wildman–Crippen LogP) is 3.85. The number of nitrogens with one attached hydrogen (secondary N) is 2. The van der Waals surface area contributed by atoms with Gasteiger partial charge in [0.25, 0.3) is 0 Å². The molecule has 138 valence electrons. The van der Waals surface area contributed by atoms with E-state index in [0.717, 1.165) is 30.0 Å². The fourth-order valence-corrected chi connectivity index (χ4v) is 3.29. The van der Waals surface area contributed by atoms with E-state index in [9.17, 15) is 9.18 Å². The molecule has 1 heterocycles. The third kappa shape index (κ3) is 4.75. The van der Waals surface area contributed by atoms with Crippen LogP contribution in [0.5, 0.6) is 0 Å². The molecule has 1 aliphatic heterocycles. The zero-order chi connectivity index (χ0) is 18.4. The highest BCUT2D eigenvalue weighted by Gasteiger charge is 2.14. The molecule has 2 N–H and O–H groups in total. The average Bonchev–Trinajstić information content (AvgIpc) is 2.68. The van der Waals surface area contributed by atoms with Crippen LogP contribution >= 0.6 is 0 Å². The van der Waals surface area contributed by atoms with E-state index in [0.29, 0.717) is 12.1 Å². The highest BCUT2D eigenvalue weighted by atomic mass is 19.1. The molecule has 26 heavy (non-hydrogen) atoms. The van der Waals surface area contributed by atoms with Crippen molar-refractivity contribution in [3.63, 3.8) is 0 Å². The number of carbonyl (C=O) groups excluding carboxylic acids is 1. The van der Waals surface area contributed by atoms with E-state index in [1.54, 1.807) is 19.1 Å². The van der Waals surface area contributed by atoms with E-state index in [4.69, 9.17) is 0 Å². The molecule has 0 spiro atoms. The SMILES string of the molecule is Cc1cc(CNC(=O)CNc2ccccc2N2CCCCC2)ccc1F. The van der Waals surface area contributed by atoms with Crippen LogP contribution in [0.25, 0.3) is 0 Å². The number of aryl methyl sites for hydroxylation is 1. The van der Waals surface area contributed by atoms with Crippen molar-refractivity contribution >= 4 is 17.3 Å². The van der Waals surface area contributed by atoms with Gasteiger partial charge in [0.2, 0.25) is 5.91 Å². The van der Waals surface area contributed by atoms with Crippen LogP contribution in [0.4, 0.5) is 15.8 Å². The van der Waals surface area contributed by atoms with E-state index in [1.165, 1.54) is 25.3 Å². The number of halogens is 1. The maximum Gasteiger partial charge on any atom is 0.239 e. The number of nitrogens with zero attached hydrogens (tertiary/aromatic N) is 1. The van der Waals surface area contributed by atoms with E-state index in [-0.39, 0.29) is 18.3 Å². The minimum absolute atomic E-state index is 0.0829. The van der Waals surface area contributed by atoms with Crippen LogP contribution in [0.15, 0.2) is 42.5 Å². The van der Waals surface area contributed by atoms with E-state index in [2.05, 4.69) is 21.6 Å². The number of anilines is 2. The first-order chi connectivity index (χ1) is 12.6. The van der Waals surface area contributed by atoms with Gasteiger partial charge in [0.05, 0.1) is 17.9 Å². The molecule has 0 radical (unpaired) electrons. The zero-order valence-corrected chi connectivity index (χ0v) is 15.2. The number of benzene rings is 2. The maximum absolute atomic E-state index is 13.3. The van der Waals surface area contributed by atoms with Crippen molar-refractivity contribution in [2.24, 2.45) is 0 Å². The molecule has 4 nitrogen and oxygen atoms in total. The lowest BCUT2D eigenvalue weighted by atomic mass is 10.1. The Morgan fingerprint density at radius 2 is 1.88 bits per heavy atom. The smallest absolute Gasteiger partial charge is 0.239 e. The van der Waals surface area contributed by atoms with E-state index >= 15 is 0 Å². The van der Waals surface area contributed by atoms with Crippen molar-refractivity contribution in [1.29, 1.82) is 0 Å². The van der Waals surface area contributed by atoms with Crippen LogP contribution < -0.4 is 15.5 Å². The van der Waals surface area contributed by atoms with Gasteiger partial charge in [-0.1, -0.05) is 24.3 Å². The van der Waals surface area contributed by atoms with Crippen molar-refractivity contribution in [1.82, 2.24) is 5.32 Å². The third-order valence-corrected chi connectivity index (χ3v) is 4.75. The zero-order valence-electron chi connectivity index (χ0n) is 15.2. The summed E-state index contributed by atoms with van der Waals surface area (Å²) >= 11 is 0. The highest BCUT2D eigenvalue weighted by Crippen LogP contribution is 2.27. The summed E-state index contributed by atoms with van der Waals surface area (Å²) in [5.74, 6) is -0.309. The lowest BCUT2D eigenvalue weighted by Gasteiger charge is -2.30. The summed E-state index contributed by atoms with van der Waals surface area (Å²) in [5, 5.41) is 6.13. The summed E-state index contributed by atoms with van der Waals surface area (Å²) in [6, 6.07) is 13.0. The molecule has 0 aliphatic carbocycles. The number of hydrogen-bond donors (Lipinski definition) is 2. The Morgan fingerprint density at radius 1 is 1.12 bits per heavy atom. The van der Waals surface area contributed by atoms with Crippen molar-refractivity contribution in [2.45, 2.75) is 32.7 Å². The minimum atomic E-state index is -0.226. The minimum Gasteiger partial charge on any atom is -0.374 e. The van der Waals surface area contributed by atoms with Gasteiger partial charge in [0, 0.05) is 19.6 Å². The summed E-state index contributed by atoms with van der Waals surface area (Å²) in [5.41, 5.74) is 3.63. The molecule has 1 saturated heterocycles. The molecule has 0 aromatic heterocycles. The molecular weight excluding hydrogens is 329 g/mol. The largest absolute Gasteiger partial charge is 0.374 e. The first-order valence-corrected chi connectivity index (χ1v) is 9.23. The quantitative estimate of drug-likeness (QED) is 0.827. The molecule has 2 aromatic carbocycles. The summed E-state index contributed by atoms with van der Waals surface area (Å²) in [4.78, 5) is 14.5. The van der Waals surface area contributed by atoms with Crippen molar-refractivity contribution in [3.8, 4) is 0 Å². The number of rotatable bonds is 6. The highest BCUT2D eigenvalue weighted by molar-refractivity contribution is 5.82. The second-order valence-corrected chi connectivity index (χ2v) is 6.78. The Balaban J connectivity index is 1.53. The Hall–Kier alpha value is -2.56. The van der Waals surface area contributed by atoms with Gasteiger partial charge in [-0.15, -0.1) is 0 Å². The fraction of sp³-hybridized carbons (Fsp3) is 0.381. The van der Waals surface area contributed by atoms with Crippen LogP contribution in [0.1, 0.15) is 30.4 Å². The molecule has 0 atom stereocenters. The van der Waals surface area contributed by atoms with Crippen LogP contribution in [0, 0.1) is 12.7 Å². The first kappa shape index (κ1) is 18.2. The molecule has 0 saturated carbocycles. The number of hydrogen-bond acceptors (Lipinski definition) is 3. The van der Waals surface area contributed by atoms with Gasteiger partial charge in [0.15, 0.2) is 0 Å². The van der Waals surface area contributed by atoms with Crippen molar-refractivity contribution < 1.29 is 9.18 Å². The summed E-state index contributed by atoms with van der Waals surface area (Å²) < 4.78 is 13.3. The van der Waals surface area contributed by atoms with Gasteiger partial charge in [-0.3, -0.25) is 4.79 Å². The predicted molar refractivity (Wildman–Crippen MR) is 104 cm³/mol. The first-order valence-electron chi connectivity index (χ1n) is 9.23. The topological polar surface area (TPSA) is 44.4 Å². The Bertz CT molecular complexity index is 757. The second kappa shape index (κ2) is 8.70. The van der Waals surface area contributed by atoms with E-state index in [1.807, 2.05) is 18.2 Å². The van der Waals surface area contributed by atoms with Crippen LogP contribution in [-0.4, -0.2) is 25.5 Å². The Kier molecular flexibility index (Phi) is 6.10. The normalized spacial score (nSPS) is 14.2. The molecule has 1 aliphatic rings. The maximum atomic E-state index is 13.3. The van der Waals surface area contributed by atoms with Gasteiger partial charge in [-0.05, 0) is 55.5 Å². The number of piperidine rings is 1. The molecule has 3 rings (SSSR count). The molecule has 5 heteroatoms. The lowest BCUT2D eigenvalue weighted by molar-refractivity contribution is -0.119. The molecule has 2 aromatic rings. The molecular formula is C21H26FN3O. The van der Waals surface area contributed by atoms with Crippen molar-refractivity contribution in [3.05, 3.63) is 59.4 Å². The van der Waals surface area contributed by atoms with Crippen LogP contribution in [-0.2, 0) is 11.3 Å². The summed E-state index contributed by atoms with van der Waals surface area (Å²) in [6.45, 7) is 4.46. The average molecular weight is 355 g/mol. The monoisotopic (exact) mass is 355 g/mol. The second-order valence-electron chi connectivity index (χ2n) is 6.78. The van der Waals surface area contributed by atoms with Gasteiger partial charge in [-0.2, -0.15) is 0 Å². The van der Waals surface area contributed by atoms with Crippen molar-refractivity contribution in [2.75, 3.05) is 29.9 Å². The van der Waals surface area contributed by atoms with Gasteiger partial charge >= 0.3 is 0 Å². The van der Waals surface area contributed by atoms with Crippen LogP contribution in [0.2, 0.25) is 0 Å². The molecule has 0 unspecified atom stereocenters. The Morgan fingerprint density at radius 3 is 2.65 bits per heavy atom. The lowest BCUT2D eigenvalue weighted by Crippen LogP contribution is -2.32.